The maximum atomic E-state index is 12.3. The molecular weight excluding hydrogens is 371 g/mol. The molecule has 2 rings (SSSR count). The highest BCUT2D eigenvalue weighted by Crippen LogP contribution is 2.25. The second-order valence-corrected chi connectivity index (χ2v) is 5.42. The number of aliphatic carboxylic acids is 1. The van der Waals surface area contributed by atoms with Gasteiger partial charge in [0.2, 0.25) is 0 Å². The number of hydrogen-bond donors (Lipinski definition) is 2. The van der Waals surface area contributed by atoms with Crippen LogP contribution in [-0.2, 0) is 11.8 Å². The Morgan fingerprint density at radius 2 is 1.85 bits per heavy atom. The molecule has 2 aromatic rings. The van der Waals surface area contributed by atoms with Gasteiger partial charge in [-0.25, -0.2) is 4.68 Å². The van der Waals surface area contributed by atoms with Crippen molar-refractivity contribution in [2.24, 2.45) is 7.05 Å². The summed E-state index contributed by atoms with van der Waals surface area (Å²) in [4.78, 5) is 34.7. The largest absolute Gasteiger partial charge is 0.573 e. The standard InChI is InChI=1S/C16H14F3N3O5/c1-22-13(23)7-6-11(21-22)15(26)20-12(8-14(24)25)9-2-4-10(5-3-9)27-16(17,18)19/h2-7,12H,8H2,1H3,(H,20,26)(H,24,25). The van der Waals surface area contributed by atoms with Crippen molar-refractivity contribution in [3.8, 4) is 5.75 Å². The number of carbonyl (C=O) groups excluding carboxylic acids is 1. The van der Waals surface area contributed by atoms with Crippen molar-refractivity contribution in [1.82, 2.24) is 15.1 Å². The molecule has 2 N–H and O–H groups in total. The summed E-state index contributed by atoms with van der Waals surface area (Å²) in [5, 5.41) is 15.2. The van der Waals surface area contributed by atoms with Crippen LogP contribution >= 0.6 is 0 Å². The Kier molecular flexibility index (Phi) is 5.83. The molecule has 0 bridgehead atoms. The van der Waals surface area contributed by atoms with Crippen LogP contribution < -0.4 is 15.6 Å². The third-order valence-corrected chi connectivity index (χ3v) is 3.39. The number of benzene rings is 1. The van der Waals surface area contributed by atoms with E-state index < -0.39 is 42.0 Å². The Morgan fingerprint density at radius 3 is 2.37 bits per heavy atom. The summed E-state index contributed by atoms with van der Waals surface area (Å²) in [7, 11) is 1.34. The Balaban J connectivity index is 2.21. The van der Waals surface area contributed by atoms with E-state index in [9.17, 15) is 27.6 Å². The number of carbonyl (C=O) groups is 2. The minimum Gasteiger partial charge on any atom is -0.481 e. The highest BCUT2D eigenvalue weighted by atomic mass is 19.4. The molecule has 11 heteroatoms. The summed E-state index contributed by atoms with van der Waals surface area (Å²) in [5.74, 6) is -2.46. The summed E-state index contributed by atoms with van der Waals surface area (Å²) in [6.07, 6.45) is -5.37. The number of carboxylic acid groups (broad SMARTS) is 1. The quantitative estimate of drug-likeness (QED) is 0.782. The van der Waals surface area contributed by atoms with Crippen molar-refractivity contribution >= 4 is 11.9 Å². The van der Waals surface area contributed by atoms with Gasteiger partial charge in [0.15, 0.2) is 0 Å². The molecule has 0 aliphatic carbocycles. The lowest BCUT2D eigenvalue weighted by Gasteiger charge is -2.18. The van der Waals surface area contributed by atoms with Crippen LogP contribution in [0, 0.1) is 0 Å². The van der Waals surface area contributed by atoms with E-state index in [1.54, 1.807) is 0 Å². The van der Waals surface area contributed by atoms with Crippen molar-refractivity contribution in [1.29, 1.82) is 0 Å². The average Bonchev–Trinajstić information content (AvgIpc) is 2.55. The molecule has 1 atom stereocenters. The fourth-order valence-electron chi connectivity index (χ4n) is 2.18. The van der Waals surface area contributed by atoms with Crippen LogP contribution in [0.3, 0.4) is 0 Å². The first-order chi connectivity index (χ1) is 12.5. The molecule has 0 saturated heterocycles. The Labute approximate surface area is 150 Å². The molecule has 1 unspecified atom stereocenters. The fraction of sp³-hybridized carbons (Fsp3) is 0.250. The van der Waals surface area contributed by atoms with E-state index in [1.807, 2.05) is 0 Å². The molecule has 1 aromatic heterocycles. The van der Waals surface area contributed by atoms with Crippen LogP contribution in [0.25, 0.3) is 0 Å². The molecule has 1 aromatic carbocycles. The van der Waals surface area contributed by atoms with Gasteiger partial charge < -0.3 is 15.2 Å². The van der Waals surface area contributed by atoms with Crippen molar-refractivity contribution in [3.63, 3.8) is 0 Å². The summed E-state index contributed by atoms with van der Waals surface area (Å²) in [6, 6.07) is 5.70. The Hall–Kier alpha value is -3.37. The first kappa shape index (κ1) is 19.9. The van der Waals surface area contributed by atoms with Gasteiger partial charge in [-0.1, -0.05) is 12.1 Å². The number of aromatic nitrogens is 2. The van der Waals surface area contributed by atoms with Gasteiger partial charge in [0.25, 0.3) is 11.5 Å². The maximum absolute atomic E-state index is 12.3. The first-order valence-electron chi connectivity index (χ1n) is 7.48. The molecule has 0 aliphatic heterocycles. The van der Waals surface area contributed by atoms with Gasteiger partial charge in [0, 0.05) is 13.1 Å². The fourth-order valence-corrected chi connectivity index (χ4v) is 2.18. The second-order valence-electron chi connectivity index (χ2n) is 5.42. The monoisotopic (exact) mass is 385 g/mol. The minimum absolute atomic E-state index is 0.121. The molecular formula is C16H14F3N3O5. The second kappa shape index (κ2) is 7.89. The predicted molar refractivity (Wildman–Crippen MR) is 85.1 cm³/mol. The number of rotatable bonds is 6. The number of hydrogen-bond acceptors (Lipinski definition) is 5. The number of ether oxygens (including phenoxy) is 1. The van der Waals surface area contributed by atoms with Gasteiger partial charge in [0.05, 0.1) is 12.5 Å². The summed E-state index contributed by atoms with van der Waals surface area (Å²) < 4.78 is 41.3. The normalized spacial score (nSPS) is 12.3. The van der Waals surface area contributed by atoms with E-state index in [1.165, 1.54) is 25.2 Å². The van der Waals surface area contributed by atoms with E-state index in [2.05, 4.69) is 15.2 Å². The molecule has 8 nitrogen and oxygen atoms in total. The van der Waals surface area contributed by atoms with Crippen molar-refractivity contribution in [2.45, 2.75) is 18.8 Å². The van der Waals surface area contributed by atoms with Crippen molar-refractivity contribution in [3.05, 3.63) is 58.0 Å². The van der Waals surface area contributed by atoms with Gasteiger partial charge in [-0.15, -0.1) is 13.2 Å². The summed E-state index contributed by atoms with van der Waals surface area (Å²) >= 11 is 0. The van der Waals surface area contributed by atoms with Gasteiger partial charge in [-0.05, 0) is 23.8 Å². The molecule has 144 valence electrons. The smallest absolute Gasteiger partial charge is 0.481 e. The number of nitrogens with one attached hydrogen (secondary N) is 1. The van der Waals surface area contributed by atoms with Gasteiger partial charge in [0.1, 0.15) is 11.4 Å². The zero-order valence-electron chi connectivity index (χ0n) is 13.9. The molecule has 0 saturated carbocycles. The number of amides is 1. The molecule has 27 heavy (non-hydrogen) atoms. The first-order valence-corrected chi connectivity index (χ1v) is 7.48. The molecule has 1 amide bonds. The average molecular weight is 385 g/mol. The van der Waals surface area contributed by atoms with Gasteiger partial charge in [-0.3, -0.25) is 14.4 Å². The van der Waals surface area contributed by atoms with E-state index in [0.29, 0.717) is 0 Å². The van der Waals surface area contributed by atoms with Crippen LogP contribution in [0.15, 0.2) is 41.2 Å². The lowest BCUT2D eigenvalue weighted by atomic mass is 10.0. The van der Waals surface area contributed by atoms with E-state index in [4.69, 9.17) is 5.11 Å². The molecule has 0 fully saturated rings. The van der Waals surface area contributed by atoms with Crippen LogP contribution in [-0.4, -0.2) is 33.1 Å². The SMILES string of the molecule is Cn1nc(C(=O)NC(CC(=O)O)c2ccc(OC(F)(F)F)cc2)ccc1=O. The molecule has 0 aliphatic rings. The zero-order valence-corrected chi connectivity index (χ0v) is 13.9. The topological polar surface area (TPSA) is 111 Å². The lowest BCUT2D eigenvalue weighted by Crippen LogP contribution is -2.32. The third kappa shape index (κ3) is 5.83. The van der Waals surface area contributed by atoms with Crippen molar-refractivity contribution < 1.29 is 32.6 Å². The predicted octanol–water partition coefficient (Wildman–Crippen LogP) is 1.62. The summed E-state index contributed by atoms with van der Waals surface area (Å²) in [5.41, 5.74) is -0.302. The van der Waals surface area contributed by atoms with Crippen molar-refractivity contribution in [2.75, 3.05) is 0 Å². The highest BCUT2D eigenvalue weighted by molar-refractivity contribution is 5.92. The Bertz CT molecular complexity index is 893. The van der Waals surface area contributed by atoms with Gasteiger partial charge in [-0.2, -0.15) is 5.10 Å². The van der Waals surface area contributed by atoms with Crippen LogP contribution in [0.2, 0.25) is 0 Å². The molecule has 0 spiro atoms. The van der Waals surface area contributed by atoms with E-state index >= 15 is 0 Å². The van der Waals surface area contributed by atoms with E-state index in [0.717, 1.165) is 22.9 Å². The minimum atomic E-state index is -4.86. The number of halogens is 3. The van der Waals surface area contributed by atoms with Crippen LogP contribution in [0.5, 0.6) is 5.75 Å². The molecule has 0 radical (unpaired) electrons. The lowest BCUT2D eigenvalue weighted by molar-refractivity contribution is -0.274. The molecule has 1 heterocycles. The number of aryl methyl sites for hydroxylation is 1. The highest BCUT2D eigenvalue weighted by Gasteiger charge is 2.31. The Morgan fingerprint density at radius 1 is 1.22 bits per heavy atom. The third-order valence-electron chi connectivity index (χ3n) is 3.39. The number of nitrogens with zero attached hydrogens (tertiary/aromatic N) is 2. The van der Waals surface area contributed by atoms with E-state index in [-0.39, 0.29) is 11.3 Å². The van der Waals surface area contributed by atoms with Crippen LogP contribution in [0.4, 0.5) is 13.2 Å². The summed E-state index contributed by atoms with van der Waals surface area (Å²) in [6.45, 7) is 0. The number of alkyl halides is 3. The van der Waals surface area contributed by atoms with Gasteiger partial charge >= 0.3 is 12.3 Å². The zero-order chi connectivity index (χ0) is 20.2. The number of carboxylic acids is 1. The van der Waals surface area contributed by atoms with Crippen LogP contribution in [0.1, 0.15) is 28.5 Å². The maximum Gasteiger partial charge on any atom is 0.573 e.